The van der Waals surface area contributed by atoms with E-state index in [9.17, 15) is 10.1 Å². The van der Waals surface area contributed by atoms with Gasteiger partial charge >= 0.3 is 0 Å². The highest BCUT2D eigenvalue weighted by molar-refractivity contribution is 5.45. The lowest BCUT2D eigenvalue weighted by molar-refractivity contribution is -0.384. The summed E-state index contributed by atoms with van der Waals surface area (Å²) in [5.41, 5.74) is 3.62. The van der Waals surface area contributed by atoms with Crippen LogP contribution in [0, 0.1) is 10.1 Å². The third kappa shape index (κ3) is 6.96. The Kier molecular flexibility index (Phi) is 7.96. The number of nitro groups is 1. The molecule has 0 saturated carbocycles. The number of hydrogen-bond donors (Lipinski definition) is 1. The van der Waals surface area contributed by atoms with E-state index in [4.69, 9.17) is 0 Å². The van der Waals surface area contributed by atoms with Crippen LogP contribution in [0.4, 0.5) is 11.4 Å². The molecule has 0 heterocycles. The zero-order chi connectivity index (χ0) is 17.9. The zero-order valence-corrected chi connectivity index (χ0v) is 15.0. The highest BCUT2D eigenvalue weighted by atomic mass is 16.6. The molecule has 0 fully saturated rings. The molecular formula is C21H28N2O2. The van der Waals surface area contributed by atoms with E-state index < -0.39 is 0 Å². The van der Waals surface area contributed by atoms with E-state index in [0.717, 1.165) is 17.7 Å². The largest absolute Gasteiger partial charge is 0.381 e. The summed E-state index contributed by atoms with van der Waals surface area (Å²) in [6.07, 6.45) is 9.10. The maximum atomic E-state index is 10.7. The first-order valence-corrected chi connectivity index (χ1v) is 9.25. The molecule has 2 aromatic rings. The van der Waals surface area contributed by atoms with Crippen molar-refractivity contribution < 1.29 is 4.92 Å². The van der Waals surface area contributed by atoms with Gasteiger partial charge in [0.2, 0.25) is 0 Å². The van der Waals surface area contributed by atoms with Crippen molar-refractivity contribution in [1.29, 1.82) is 0 Å². The molecule has 0 unspecified atom stereocenters. The predicted molar refractivity (Wildman–Crippen MR) is 104 cm³/mol. The molecule has 4 nitrogen and oxygen atoms in total. The van der Waals surface area contributed by atoms with E-state index in [1.54, 1.807) is 24.3 Å². The number of aryl methyl sites for hydroxylation is 1. The van der Waals surface area contributed by atoms with Crippen LogP contribution in [0.25, 0.3) is 0 Å². The third-order valence-corrected chi connectivity index (χ3v) is 4.42. The Labute approximate surface area is 150 Å². The van der Waals surface area contributed by atoms with Gasteiger partial charge in [-0.1, -0.05) is 63.3 Å². The normalized spacial score (nSPS) is 10.6. The molecule has 1 N–H and O–H groups in total. The van der Waals surface area contributed by atoms with Crippen molar-refractivity contribution in [2.24, 2.45) is 0 Å². The summed E-state index contributed by atoms with van der Waals surface area (Å²) in [5.74, 6) is 0. The van der Waals surface area contributed by atoms with Gasteiger partial charge in [-0.2, -0.15) is 0 Å². The van der Waals surface area contributed by atoms with Gasteiger partial charge in [-0.3, -0.25) is 10.1 Å². The van der Waals surface area contributed by atoms with E-state index in [0.29, 0.717) is 6.54 Å². The summed E-state index contributed by atoms with van der Waals surface area (Å²) < 4.78 is 0. The third-order valence-electron chi connectivity index (χ3n) is 4.42. The molecule has 0 aliphatic rings. The fourth-order valence-electron chi connectivity index (χ4n) is 2.84. The first-order valence-electron chi connectivity index (χ1n) is 9.25. The van der Waals surface area contributed by atoms with Crippen LogP contribution in [0.1, 0.15) is 56.6 Å². The summed E-state index contributed by atoms with van der Waals surface area (Å²) in [4.78, 5) is 10.3. The number of hydrogen-bond acceptors (Lipinski definition) is 3. The van der Waals surface area contributed by atoms with Gasteiger partial charge in [0.15, 0.2) is 0 Å². The molecule has 0 radical (unpaired) electrons. The monoisotopic (exact) mass is 340 g/mol. The Morgan fingerprint density at radius 2 is 1.44 bits per heavy atom. The summed E-state index contributed by atoms with van der Waals surface area (Å²) >= 11 is 0. The summed E-state index contributed by atoms with van der Waals surface area (Å²) in [6.45, 7) is 2.91. The van der Waals surface area contributed by atoms with Crippen molar-refractivity contribution in [3.8, 4) is 0 Å². The fourth-order valence-corrected chi connectivity index (χ4v) is 2.84. The number of nitrogens with one attached hydrogen (secondary N) is 1. The number of nitro benzene ring substituents is 1. The average molecular weight is 340 g/mol. The van der Waals surface area contributed by atoms with Crippen LogP contribution in [0.3, 0.4) is 0 Å². The maximum absolute atomic E-state index is 10.7. The Morgan fingerprint density at radius 3 is 2.08 bits per heavy atom. The molecule has 0 aliphatic heterocycles. The number of nitrogens with zero attached hydrogens (tertiary/aromatic N) is 1. The number of anilines is 1. The van der Waals surface area contributed by atoms with Crippen molar-refractivity contribution in [1.82, 2.24) is 0 Å². The van der Waals surface area contributed by atoms with Gasteiger partial charge < -0.3 is 5.32 Å². The Hall–Kier alpha value is -2.36. The molecule has 2 rings (SSSR count). The van der Waals surface area contributed by atoms with Crippen LogP contribution in [0.2, 0.25) is 0 Å². The summed E-state index contributed by atoms with van der Waals surface area (Å²) in [5, 5.41) is 14.0. The van der Waals surface area contributed by atoms with Crippen molar-refractivity contribution in [2.75, 3.05) is 5.32 Å². The molecular weight excluding hydrogens is 312 g/mol. The Balaban J connectivity index is 1.71. The maximum Gasteiger partial charge on any atom is 0.269 e. The van der Waals surface area contributed by atoms with Gasteiger partial charge in [0.1, 0.15) is 0 Å². The van der Waals surface area contributed by atoms with Crippen LogP contribution in [-0.4, -0.2) is 4.92 Å². The number of non-ortho nitro benzene ring substituents is 1. The summed E-state index contributed by atoms with van der Waals surface area (Å²) in [6, 6.07) is 15.3. The van der Waals surface area contributed by atoms with Crippen molar-refractivity contribution >= 4 is 11.4 Å². The average Bonchev–Trinajstić information content (AvgIpc) is 2.64. The lowest BCUT2D eigenvalue weighted by atomic mass is 10.0. The van der Waals surface area contributed by atoms with Gasteiger partial charge in [-0.05, 0) is 36.1 Å². The topological polar surface area (TPSA) is 55.2 Å². The Bertz CT molecular complexity index is 636. The van der Waals surface area contributed by atoms with Crippen LogP contribution in [-0.2, 0) is 13.0 Å². The van der Waals surface area contributed by atoms with E-state index in [1.165, 1.54) is 44.1 Å². The lowest BCUT2D eigenvalue weighted by Crippen LogP contribution is -1.99. The van der Waals surface area contributed by atoms with Gasteiger partial charge in [0.25, 0.3) is 5.69 Å². The molecule has 0 aliphatic carbocycles. The molecule has 0 saturated heterocycles. The Morgan fingerprint density at radius 1 is 0.840 bits per heavy atom. The molecule has 25 heavy (non-hydrogen) atoms. The highest BCUT2D eigenvalue weighted by Gasteiger charge is 2.03. The molecule has 134 valence electrons. The second-order valence-electron chi connectivity index (χ2n) is 6.49. The number of benzene rings is 2. The minimum absolute atomic E-state index is 0.128. The first-order chi connectivity index (χ1) is 12.2. The molecule has 0 bridgehead atoms. The SMILES string of the molecule is CCCCCCCCc1ccc(NCc2ccc([N+](=O)[O-])cc2)cc1. The van der Waals surface area contributed by atoms with Gasteiger partial charge in [-0.25, -0.2) is 0 Å². The van der Waals surface area contributed by atoms with Gasteiger partial charge in [0.05, 0.1) is 4.92 Å². The van der Waals surface area contributed by atoms with Crippen LogP contribution in [0.5, 0.6) is 0 Å². The number of rotatable bonds is 11. The smallest absolute Gasteiger partial charge is 0.269 e. The second-order valence-corrected chi connectivity index (χ2v) is 6.49. The standard InChI is InChI=1S/C21H28N2O2/c1-2-3-4-5-6-7-8-18-9-13-20(14-10-18)22-17-19-11-15-21(16-12-19)23(24)25/h9-16,22H,2-8,17H2,1H3. The van der Waals surface area contributed by atoms with Gasteiger partial charge in [0, 0.05) is 24.4 Å². The predicted octanol–water partition coefficient (Wildman–Crippen LogP) is 6.11. The van der Waals surface area contributed by atoms with E-state index in [-0.39, 0.29) is 10.6 Å². The lowest BCUT2D eigenvalue weighted by Gasteiger charge is -2.08. The molecule has 0 amide bonds. The zero-order valence-electron chi connectivity index (χ0n) is 15.0. The highest BCUT2D eigenvalue weighted by Crippen LogP contribution is 2.16. The van der Waals surface area contributed by atoms with Crippen molar-refractivity contribution in [2.45, 2.75) is 58.4 Å². The molecule has 4 heteroatoms. The second kappa shape index (κ2) is 10.5. The minimum atomic E-state index is -0.375. The summed E-state index contributed by atoms with van der Waals surface area (Å²) in [7, 11) is 0. The van der Waals surface area contributed by atoms with Gasteiger partial charge in [-0.15, -0.1) is 0 Å². The van der Waals surface area contributed by atoms with Crippen molar-refractivity contribution in [3.05, 3.63) is 69.8 Å². The van der Waals surface area contributed by atoms with E-state index >= 15 is 0 Å². The molecule has 0 spiro atoms. The fraction of sp³-hybridized carbons (Fsp3) is 0.429. The first kappa shape index (κ1) is 19.0. The minimum Gasteiger partial charge on any atom is -0.381 e. The van der Waals surface area contributed by atoms with Crippen LogP contribution < -0.4 is 5.32 Å². The van der Waals surface area contributed by atoms with Crippen LogP contribution in [0.15, 0.2) is 48.5 Å². The van der Waals surface area contributed by atoms with Crippen LogP contribution >= 0.6 is 0 Å². The van der Waals surface area contributed by atoms with E-state index in [2.05, 4.69) is 36.5 Å². The van der Waals surface area contributed by atoms with Crippen molar-refractivity contribution in [3.63, 3.8) is 0 Å². The quantitative estimate of drug-likeness (QED) is 0.305. The number of unbranched alkanes of at least 4 members (excludes halogenated alkanes) is 5. The molecule has 0 aromatic heterocycles. The van der Waals surface area contributed by atoms with E-state index in [1.807, 2.05) is 0 Å². The molecule has 0 atom stereocenters. The molecule has 2 aromatic carbocycles.